The van der Waals surface area contributed by atoms with Crippen molar-refractivity contribution in [1.29, 1.82) is 0 Å². The van der Waals surface area contributed by atoms with E-state index >= 15 is 0 Å². The Hall–Kier alpha value is 0. The van der Waals surface area contributed by atoms with Crippen molar-refractivity contribution in [2.75, 3.05) is 0 Å². The first-order valence-electron chi connectivity index (χ1n) is 6.77. The molecule has 82 valence electrons. The summed E-state index contributed by atoms with van der Waals surface area (Å²) in [4.78, 5) is 0. The van der Waals surface area contributed by atoms with Crippen molar-refractivity contribution >= 4 is 0 Å². The molecule has 2 aliphatic rings. The van der Waals surface area contributed by atoms with Gasteiger partial charge in [-0.25, -0.2) is 0 Å². The van der Waals surface area contributed by atoms with Crippen LogP contribution < -0.4 is 0 Å². The van der Waals surface area contributed by atoms with Gasteiger partial charge in [0.25, 0.3) is 0 Å². The lowest BCUT2D eigenvalue weighted by Crippen LogP contribution is -2.28. The molecule has 0 radical (unpaired) electrons. The summed E-state index contributed by atoms with van der Waals surface area (Å²) in [5, 5.41) is 0. The van der Waals surface area contributed by atoms with Crippen molar-refractivity contribution in [3.8, 4) is 0 Å². The Kier molecular flexibility index (Phi) is 3.52. The molecule has 4 atom stereocenters. The smallest absolute Gasteiger partial charge is 0.0360 e. The van der Waals surface area contributed by atoms with Crippen molar-refractivity contribution in [2.45, 2.75) is 65.2 Å². The Balaban J connectivity index is 1.91. The van der Waals surface area contributed by atoms with E-state index in [2.05, 4.69) is 13.8 Å². The fraction of sp³-hybridized carbons (Fsp3) is 1.00. The Morgan fingerprint density at radius 3 is 2.29 bits per heavy atom. The van der Waals surface area contributed by atoms with E-state index in [1.807, 2.05) is 0 Å². The number of rotatable bonds is 1. The second-order valence-electron chi connectivity index (χ2n) is 5.96. The minimum Gasteiger partial charge on any atom is -0.0625 e. The predicted octanol–water partition coefficient (Wildman–Crippen LogP) is 4.64. The lowest BCUT2D eigenvalue weighted by atomic mass is 9.67. The Labute approximate surface area is 89.5 Å². The third kappa shape index (κ3) is 2.32. The van der Waals surface area contributed by atoms with Crippen LogP contribution in [0.15, 0.2) is 0 Å². The number of hydrogen-bond acceptors (Lipinski definition) is 0. The zero-order chi connectivity index (χ0) is 9.97. The van der Waals surface area contributed by atoms with Gasteiger partial charge in [0.05, 0.1) is 0 Å². The highest BCUT2D eigenvalue weighted by Crippen LogP contribution is 2.42. The summed E-state index contributed by atoms with van der Waals surface area (Å²) in [5.74, 6) is 4.22. The van der Waals surface area contributed by atoms with E-state index in [0.29, 0.717) is 0 Å². The molecular weight excluding hydrogens is 168 g/mol. The van der Waals surface area contributed by atoms with Crippen LogP contribution in [0.5, 0.6) is 0 Å². The molecule has 0 aliphatic heterocycles. The molecule has 0 N–H and O–H groups in total. The molecule has 0 bridgehead atoms. The average molecular weight is 194 g/mol. The van der Waals surface area contributed by atoms with E-state index in [1.54, 1.807) is 12.8 Å². The summed E-state index contributed by atoms with van der Waals surface area (Å²) in [6.45, 7) is 4.96. The fourth-order valence-corrected chi connectivity index (χ4v) is 3.92. The molecule has 2 saturated carbocycles. The van der Waals surface area contributed by atoms with Gasteiger partial charge in [0.1, 0.15) is 0 Å². The third-order valence-electron chi connectivity index (χ3n) is 4.76. The molecule has 4 unspecified atom stereocenters. The quantitative estimate of drug-likeness (QED) is 0.570. The minimum atomic E-state index is 1.02. The minimum absolute atomic E-state index is 1.02. The molecule has 0 heterocycles. The van der Waals surface area contributed by atoms with E-state index in [1.165, 1.54) is 38.5 Å². The standard InChI is InChI=1S/C14H26/c1-11-6-5-8-13(10-11)14-9-4-3-7-12(14)2/h11-14H,3-10H2,1-2H3. The van der Waals surface area contributed by atoms with Crippen LogP contribution >= 0.6 is 0 Å². The molecule has 2 aliphatic carbocycles. The van der Waals surface area contributed by atoms with Gasteiger partial charge in [-0.1, -0.05) is 52.4 Å². The largest absolute Gasteiger partial charge is 0.0625 e. The first kappa shape index (κ1) is 10.5. The summed E-state index contributed by atoms with van der Waals surface area (Å²) in [5.41, 5.74) is 0. The Morgan fingerprint density at radius 2 is 1.57 bits per heavy atom. The van der Waals surface area contributed by atoms with Crippen LogP contribution in [-0.4, -0.2) is 0 Å². The monoisotopic (exact) mass is 194 g/mol. The van der Waals surface area contributed by atoms with Crippen molar-refractivity contribution in [3.63, 3.8) is 0 Å². The lowest BCUT2D eigenvalue weighted by Gasteiger charge is -2.39. The summed E-state index contributed by atoms with van der Waals surface area (Å²) in [6, 6.07) is 0. The van der Waals surface area contributed by atoms with Crippen LogP contribution in [0.2, 0.25) is 0 Å². The second-order valence-corrected chi connectivity index (χ2v) is 5.96. The van der Waals surface area contributed by atoms with E-state index in [9.17, 15) is 0 Å². The molecule has 0 aromatic rings. The van der Waals surface area contributed by atoms with Gasteiger partial charge in [-0.15, -0.1) is 0 Å². The highest BCUT2D eigenvalue weighted by Gasteiger charge is 2.31. The molecule has 0 nitrogen and oxygen atoms in total. The first-order valence-corrected chi connectivity index (χ1v) is 6.77. The van der Waals surface area contributed by atoms with Gasteiger partial charge in [0.15, 0.2) is 0 Å². The van der Waals surface area contributed by atoms with E-state index in [4.69, 9.17) is 0 Å². The Morgan fingerprint density at radius 1 is 0.786 bits per heavy atom. The Bertz CT molecular complexity index is 173. The SMILES string of the molecule is CC1CCCC(C2CCCCC2C)C1. The predicted molar refractivity (Wildman–Crippen MR) is 62.2 cm³/mol. The lowest BCUT2D eigenvalue weighted by molar-refractivity contribution is 0.120. The van der Waals surface area contributed by atoms with Crippen molar-refractivity contribution in [3.05, 3.63) is 0 Å². The maximum Gasteiger partial charge on any atom is -0.0360 e. The van der Waals surface area contributed by atoms with Crippen molar-refractivity contribution < 1.29 is 0 Å². The van der Waals surface area contributed by atoms with E-state index in [-0.39, 0.29) is 0 Å². The summed E-state index contributed by atoms with van der Waals surface area (Å²) in [7, 11) is 0. The van der Waals surface area contributed by atoms with Gasteiger partial charge in [0.2, 0.25) is 0 Å². The maximum atomic E-state index is 2.50. The second kappa shape index (κ2) is 4.68. The summed E-state index contributed by atoms with van der Waals surface area (Å²) >= 11 is 0. The highest BCUT2D eigenvalue weighted by molar-refractivity contribution is 4.82. The van der Waals surface area contributed by atoms with Crippen LogP contribution in [0.1, 0.15) is 65.2 Å². The van der Waals surface area contributed by atoms with Crippen molar-refractivity contribution in [1.82, 2.24) is 0 Å². The molecule has 0 amide bonds. The molecule has 2 rings (SSSR count). The van der Waals surface area contributed by atoms with Crippen LogP contribution in [-0.2, 0) is 0 Å². The molecule has 0 heteroatoms. The normalized spacial score (nSPS) is 45.0. The van der Waals surface area contributed by atoms with Crippen LogP contribution in [0, 0.1) is 23.7 Å². The fourth-order valence-electron chi connectivity index (χ4n) is 3.92. The van der Waals surface area contributed by atoms with E-state index in [0.717, 1.165) is 23.7 Å². The number of hydrogen-bond donors (Lipinski definition) is 0. The molecule has 14 heavy (non-hydrogen) atoms. The van der Waals surface area contributed by atoms with Crippen LogP contribution in [0.3, 0.4) is 0 Å². The molecule has 2 fully saturated rings. The van der Waals surface area contributed by atoms with E-state index < -0.39 is 0 Å². The maximum absolute atomic E-state index is 2.50. The summed E-state index contributed by atoms with van der Waals surface area (Å²) < 4.78 is 0. The van der Waals surface area contributed by atoms with Gasteiger partial charge < -0.3 is 0 Å². The zero-order valence-electron chi connectivity index (χ0n) is 9.97. The van der Waals surface area contributed by atoms with Gasteiger partial charge in [-0.3, -0.25) is 0 Å². The molecular formula is C14H26. The highest BCUT2D eigenvalue weighted by atomic mass is 14.4. The van der Waals surface area contributed by atoms with Gasteiger partial charge >= 0.3 is 0 Å². The summed E-state index contributed by atoms with van der Waals surface area (Å²) in [6.07, 6.45) is 12.1. The average Bonchev–Trinajstić information content (AvgIpc) is 2.18. The first-order chi connectivity index (χ1) is 6.77. The van der Waals surface area contributed by atoms with Gasteiger partial charge in [-0.2, -0.15) is 0 Å². The topological polar surface area (TPSA) is 0 Å². The van der Waals surface area contributed by atoms with Crippen LogP contribution in [0.4, 0.5) is 0 Å². The van der Waals surface area contributed by atoms with Crippen molar-refractivity contribution in [2.24, 2.45) is 23.7 Å². The molecule has 0 saturated heterocycles. The molecule has 0 aromatic heterocycles. The van der Waals surface area contributed by atoms with Gasteiger partial charge in [-0.05, 0) is 36.5 Å². The van der Waals surface area contributed by atoms with Crippen LogP contribution in [0.25, 0.3) is 0 Å². The molecule has 0 spiro atoms. The third-order valence-corrected chi connectivity index (χ3v) is 4.76. The zero-order valence-corrected chi connectivity index (χ0v) is 9.97. The molecule has 0 aromatic carbocycles. The van der Waals surface area contributed by atoms with Gasteiger partial charge in [0, 0.05) is 0 Å².